The summed E-state index contributed by atoms with van der Waals surface area (Å²) in [5.41, 5.74) is 5.27. The molecule has 1 rings (SSSR count). The fraction of sp³-hybridized carbons (Fsp3) is 0.857. The van der Waals surface area contributed by atoms with E-state index in [1.807, 2.05) is 0 Å². The van der Waals surface area contributed by atoms with Gasteiger partial charge in [-0.2, -0.15) is 0 Å². The van der Waals surface area contributed by atoms with Gasteiger partial charge in [0.1, 0.15) is 0 Å². The summed E-state index contributed by atoms with van der Waals surface area (Å²) in [5, 5.41) is 3.41. The van der Waals surface area contributed by atoms with E-state index in [0.29, 0.717) is 5.11 Å². The molecule has 1 aliphatic rings. The fourth-order valence-corrected chi connectivity index (χ4v) is 1.56. The predicted octanol–water partition coefficient (Wildman–Crippen LogP) is 0.866. The average Bonchev–Trinajstić information content (AvgIpc) is 1.77. The van der Waals surface area contributed by atoms with Crippen LogP contribution in [-0.4, -0.2) is 11.7 Å². The average molecular weight is 158 g/mol. The first-order chi connectivity index (χ1) is 4.68. The van der Waals surface area contributed by atoms with Crippen molar-refractivity contribution >= 4 is 17.3 Å². The van der Waals surface area contributed by atoms with Gasteiger partial charge in [0.2, 0.25) is 0 Å². The van der Waals surface area contributed by atoms with Crippen molar-refractivity contribution in [2.75, 3.05) is 6.54 Å². The van der Waals surface area contributed by atoms with Crippen molar-refractivity contribution in [2.45, 2.75) is 19.8 Å². The Morgan fingerprint density at radius 3 is 2.70 bits per heavy atom. The first kappa shape index (κ1) is 7.79. The Morgan fingerprint density at radius 1 is 1.70 bits per heavy atom. The van der Waals surface area contributed by atoms with Gasteiger partial charge < -0.3 is 11.1 Å². The lowest BCUT2D eigenvalue weighted by molar-refractivity contribution is 0.214. The molecule has 1 fully saturated rings. The molecule has 0 aliphatic heterocycles. The van der Waals surface area contributed by atoms with Crippen molar-refractivity contribution in [3.63, 3.8) is 0 Å². The van der Waals surface area contributed by atoms with E-state index in [4.69, 9.17) is 5.73 Å². The van der Waals surface area contributed by atoms with Crippen LogP contribution < -0.4 is 11.1 Å². The minimum absolute atomic E-state index is 0.430. The number of hydrogen-bond donors (Lipinski definition) is 2. The zero-order valence-electron chi connectivity index (χ0n) is 6.26. The van der Waals surface area contributed by atoms with E-state index in [9.17, 15) is 0 Å². The minimum atomic E-state index is 0.430. The topological polar surface area (TPSA) is 38.0 Å². The third-order valence-electron chi connectivity index (χ3n) is 2.04. The van der Waals surface area contributed by atoms with Gasteiger partial charge in [0, 0.05) is 6.54 Å². The number of rotatable bonds is 2. The van der Waals surface area contributed by atoms with Gasteiger partial charge >= 0.3 is 0 Å². The van der Waals surface area contributed by atoms with Crippen molar-refractivity contribution in [2.24, 2.45) is 17.6 Å². The fourth-order valence-electron chi connectivity index (χ4n) is 1.48. The second-order valence-electron chi connectivity index (χ2n) is 3.19. The molecule has 0 radical (unpaired) electrons. The molecule has 0 heterocycles. The predicted molar refractivity (Wildman–Crippen MR) is 46.7 cm³/mol. The number of thiocarbonyl (C=S) groups is 1. The molecule has 3 N–H and O–H groups in total. The maximum absolute atomic E-state index is 5.27. The molecular formula is C7H14N2S. The quantitative estimate of drug-likeness (QED) is 0.586. The van der Waals surface area contributed by atoms with Gasteiger partial charge in [-0.15, -0.1) is 0 Å². The zero-order chi connectivity index (χ0) is 7.56. The lowest BCUT2D eigenvalue weighted by Crippen LogP contribution is -2.37. The van der Waals surface area contributed by atoms with Crippen molar-refractivity contribution in [1.82, 2.24) is 5.32 Å². The summed E-state index contributed by atoms with van der Waals surface area (Å²) in [5.74, 6) is 1.73. The van der Waals surface area contributed by atoms with Crippen molar-refractivity contribution in [1.29, 1.82) is 0 Å². The molecule has 58 valence electrons. The molecule has 3 heteroatoms. The summed E-state index contributed by atoms with van der Waals surface area (Å²) in [6.45, 7) is 3.25. The SMILES string of the molecule is CC1CC(CNC(N)=S)C1. The van der Waals surface area contributed by atoms with Crippen LogP contribution in [0, 0.1) is 11.8 Å². The monoisotopic (exact) mass is 158 g/mol. The lowest BCUT2D eigenvalue weighted by atomic mass is 9.76. The molecule has 0 aromatic carbocycles. The van der Waals surface area contributed by atoms with E-state index < -0.39 is 0 Å². The van der Waals surface area contributed by atoms with E-state index in [-0.39, 0.29) is 0 Å². The van der Waals surface area contributed by atoms with Crippen LogP contribution in [0.15, 0.2) is 0 Å². The minimum Gasteiger partial charge on any atom is -0.376 e. The normalized spacial score (nSPS) is 30.9. The van der Waals surface area contributed by atoms with Crippen molar-refractivity contribution in [3.8, 4) is 0 Å². The zero-order valence-corrected chi connectivity index (χ0v) is 7.08. The Hall–Kier alpha value is -0.310. The molecule has 0 saturated heterocycles. The Bertz CT molecular complexity index is 130. The highest BCUT2D eigenvalue weighted by Crippen LogP contribution is 2.31. The standard InChI is InChI=1S/C7H14N2S/c1-5-2-6(3-5)4-9-7(8)10/h5-6H,2-4H2,1H3,(H3,8,9,10). The smallest absolute Gasteiger partial charge is 0.163 e. The second kappa shape index (κ2) is 3.19. The Labute approximate surface area is 67.2 Å². The molecule has 0 atom stereocenters. The summed E-state index contributed by atoms with van der Waals surface area (Å²) in [4.78, 5) is 0. The molecule has 0 bridgehead atoms. The van der Waals surface area contributed by atoms with Crippen LogP contribution in [0.25, 0.3) is 0 Å². The second-order valence-corrected chi connectivity index (χ2v) is 3.63. The lowest BCUT2D eigenvalue weighted by Gasteiger charge is -2.32. The van der Waals surface area contributed by atoms with E-state index in [2.05, 4.69) is 24.5 Å². The van der Waals surface area contributed by atoms with E-state index in [0.717, 1.165) is 18.4 Å². The van der Waals surface area contributed by atoms with E-state index in [1.165, 1.54) is 12.8 Å². The largest absolute Gasteiger partial charge is 0.376 e. The van der Waals surface area contributed by atoms with Gasteiger partial charge in [-0.25, -0.2) is 0 Å². The Morgan fingerprint density at radius 2 is 2.30 bits per heavy atom. The van der Waals surface area contributed by atoms with Crippen LogP contribution >= 0.6 is 12.2 Å². The highest BCUT2D eigenvalue weighted by molar-refractivity contribution is 7.80. The number of nitrogens with one attached hydrogen (secondary N) is 1. The molecule has 0 aromatic heterocycles. The van der Waals surface area contributed by atoms with Gasteiger partial charge in [-0.05, 0) is 36.9 Å². The maximum atomic E-state index is 5.27. The van der Waals surface area contributed by atoms with Crippen LogP contribution in [0.4, 0.5) is 0 Å². The van der Waals surface area contributed by atoms with Gasteiger partial charge in [0.05, 0.1) is 0 Å². The van der Waals surface area contributed by atoms with Crippen molar-refractivity contribution in [3.05, 3.63) is 0 Å². The number of hydrogen-bond acceptors (Lipinski definition) is 1. The molecule has 0 aromatic rings. The molecule has 10 heavy (non-hydrogen) atoms. The summed E-state index contributed by atoms with van der Waals surface area (Å²) in [6.07, 6.45) is 2.66. The molecule has 0 spiro atoms. The van der Waals surface area contributed by atoms with E-state index >= 15 is 0 Å². The summed E-state index contributed by atoms with van der Waals surface area (Å²) < 4.78 is 0. The van der Waals surface area contributed by atoms with Gasteiger partial charge in [-0.1, -0.05) is 6.92 Å². The molecule has 0 amide bonds. The van der Waals surface area contributed by atoms with Crippen LogP contribution in [0.3, 0.4) is 0 Å². The summed E-state index contributed by atoms with van der Waals surface area (Å²) in [6, 6.07) is 0. The third kappa shape index (κ3) is 2.14. The molecule has 1 saturated carbocycles. The first-order valence-electron chi connectivity index (χ1n) is 3.71. The van der Waals surface area contributed by atoms with Crippen LogP contribution in [-0.2, 0) is 0 Å². The van der Waals surface area contributed by atoms with E-state index in [1.54, 1.807) is 0 Å². The van der Waals surface area contributed by atoms with Crippen LogP contribution in [0.5, 0.6) is 0 Å². The highest BCUT2D eigenvalue weighted by atomic mass is 32.1. The molecule has 1 aliphatic carbocycles. The number of nitrogens with two attached hydrogens (primary N) is 1. The van der Waals surface area contributed by atoms with Gasteiger partial charge in [0.25, 0.3) is 0 Å². The van der Waals surface area contributed by atoms with Gasteiger partial charge in [0.15, 0.2) is 5.11 Å². The first-order valence-corrected chi connectivity index (χ1v) is 4.12. The molecule has 2 nitrogen and oxygen atoms in total. The Kier molecular flexibility index (Phi) is 2.49. The molecular weight excluding hydrogens is 144 g/mol. The third-order valence-corrected chi connectivity index (χ3v) is 2.18. The van der Waals surface area contributed by atoms with Crippen LogP contribution in [0.1, 0.15) is 19.8 Å². The van der Waals surface area contributed by atoms with Gasteiger partial charge in [-0.3, -0.25) is 0 Å². The van der Waals surface area contributed by atoms with Crippen molar-refractivity contribution < 1.29 is 0 Å². The van der Waals surface area contributed by atoms with Crippen LogP contribution in [0.2, 0.25) is 0 Å². The summed E-state index contributed by atoms with van der Waals surface area (Å²) in [7, 11) is 0. The summed E-state index contributed by atoms with van der Waals surface area (Å²) >= 11 is 4.68. The Balaban J connectivity index is 2.00. The molecule has 0 unspecified atom stereocenters. The maximum Gasteiger partial charge on any atom is 0.163 e. The highest BCUT2D eigenvalue weighted by Gasteiger charge is 2.24.